The number of carbonyl (C=O) groups excluding carboxylic acids is 2. The average molecular weight is 642 g/mol. The maximum absolute atomic E-state index is 15.4. The van der Waals surface area contributed by atoms with Crippen molar-refractivity contribution < 1.29 is 31.9 Å². The second-order valence-corrected chi connectivity index (χ2v) is 13.5. The lowest BCUT2D eigenvalue weighted by Gasteiger charge is -2.34. The molecule has 0 spiro atoms. The summed E-state index contributed by atoms with van der Waals surface area (Å²) in [5.41, 5.74) is 1.20. The molecule has 3 aromatic rings. The van der Waals surface area contributed by atoms with Crippen LogP contribution >= 0.6 is 0 Å². The van der Waals surface area contributed by atoms with Crippen LogP contribution in [-0.2, 0) is 34.0 Å². The van der Waals surface area contributed by atoms with E-state index >= 15 is 4.39 Å². The number of aromatic nitrogens is 2. The highest BCUT2D eigenvalue weighted by Crippen LogP contribution is 2.41. The first-order valence-corrected chi connectivity index (χ1v) is 15.4. The van der Waals surface area contributed by atoms with Crippen LogP contribution < -0.4 is 10.6 Å². The quantitative estimate of drug-likeness (QED) is 0.267. The van der Waals surface area contributed by atoms with Gasteiger partial charge in [0.05, 0.1) is 22.4 Å². The smallest absolute Gasteiger partial charge is 0.419 e. The molecule has 12 heteroatoms. The van der Waals surface area contributed by atoms with Gasteiger partial charge in [-0.05, 0) is 114 Å². The Morgan fingerprint density at radius 2 is 1.83 bits per heavy atom. The van der Waals surface area contributed by atoms with Crippen LogP contribution in [0, 0.1) is 12.7 Å². The number of halogens is 4. The van der Waals surface area contributed by atoms with Crippen molar-refractivity contribution in [3.63, 3.8) is 0 Å². The van der Waals surface area contributed by atoms with Gasteiger partial charge in [0.15, 0.2) is 0 Å². The number of ether oxygens (including phenoxy) is 1. The van der Waals surface area contributed by atoms with Gasteiger partial charge >= 0.3 is 12.3 Å². The van der Waals surface area contributed by atoms with E-state index in [0.717, 1.165) is 22.3 Å². The summed E-state index contributed by atoms with van der Waals surface area (Å²) in [6.07, 6.45) is -2.93. The molecule has 246 valence electrons. The number of piperidine rings is 1. The van der Waals surface area contributed by atoms with Crippen LogP contribution in [0.5, 0.6) is 0 Å². The average Bonchev–Trinajstić information content (AvgIpc) is 3.20. The second-order valence-electron chi connectivity index (χ2n) is 13.5. The summed E-state index contributed by atoms with van der Waals surface area (Å²) in [4.78, 5) is 34.6. The number of anilines is 3. The number of hydrogen-bond donors (Lipinski definition) is 2. The molecule has 2 amide bonds. The molecular weight excluding hydrogens is 602 g/mol. The zero-order chi connectivity index (χ0) is 33.6. The number of nitrogens with one attached hydrogen (secondary N) is 2. The fourth-order valence-electron chi connectivity index (χ4n) is 6.25. The molecule has 3 heterocycles. The zero-order valence-electron chi connectivity index (χ0n) is 26.9. The van der Waals surface area contributed by atoms with E-state index in [1.165, 1.54) is 6.07 Å². The van der Waals surface area contributed by atoms with Gasteiger partial charge in [-0.25, -0.2) is 19.2 Å². The van der Waals surface area contributed by atoms with E-state index in [1.807, 2.05) is 27.7 Å². The first-order valence-electron chi connectivity index (χ1n) is 15.4. The van der Waals surface area contributed by atoms with Crippen LogP contribution in [-0.4, -0.2) is 45.6 Å². The highest BCUT2D eigenvalue weighted by Gasteiger charge is 2.40. The van der Waals surface area contributed by atoms with Crippen molar-refractivity contribution in [2.45, 2.75) is 90.3 Å². The van der Waals surface area contributed by atoms with Crippen LogP contribution in [0.25, 0.3) is 0 Å². The number of fused-ring (bicyclic) bond motifs is 1. The summed E-state index contributed by atoms with van der Waals surface area (Å²) in [5, 5.41) is 5.61. The summed E-state index contributed by atoms with van der Waals surface area (Å²) in [5.74, 6) is -0.880. The Bertz CT molecular complexity index is 1660. The molecule has 0 atom stereocenters. The van der Waals surface area contributed by atoms with Gasteiger partial charge in [-0.15, -0.1) is 0 Å². The molecule has 8 nitrogen and oxygen atoms in total. The number of benzene rings is 2. The number of alkyl halides is 3. The predicted molar refractivity (Wildman–Crippen MR) is 167 cm³/mol. The fourth-order valence-corrected chi connectivity index (χ4v) is 6.25. The third kappa shape index (κ3) is 6.95. The maximum atomic E-state index is 15.4. The largest absolute Gasteiger partial charge is 0.444 e. The van der Waals surface area contributed by atoms with E-state index in [2.05, 4.69) is 20.6 Å². The Morgan fingerprint density at radius 3 is 2.48 bits per heavy atom. The molecule has 0 radical (unpaired) electrons. The SMILES string of the molecule is Cc1cc(Nc2ncc(C(F)(F)F)c(CCc3cccc4c3C(C)(C)C(=O)N4)n2)c(F)cc1C1CCN(C(=O)OC(C)(C)C)CC1. The normalized spacial score (nSPS) is 16.7. The molecule has 1 fully saturated rings. The maximum Gasteiger partial charge on any atom is 0.419 e. The number of nitrogens with zero attached hydrogens (tertiary/aromatic N) is 3. The van der Waals surface area contributed by atoms with Crippen molar-refractivity contribution in [1.29, 1.82) is 0 Å². The molecule has 1 aromatic heterocycles. The third-order valence-electron chi connectivity index (χ3n) is 8.58. The first-order chi connectivity index (χ1) is 21.4. The summed E-state index contributed by atoms with van der Waals surface area (Å²) in [6.45, 7) is 11.8. The number of carbonyl (C=O) groups is 2. The first kappa shape index (κ1) is 33.2. The van der Waals surface area contributed by atoms with Crippen LogP contribution in [0.3, 0.4) is 0 Å². The highest BCUT2D eigenvalue weighted by atomic mass is 19.4. The van der Waals surface area contributed by atoms with Gasteiger partial charge in [0.25, 0.3) is 0 Å². The monoisotopic (exact) mass is 641 g/mol. The van der Waals surface area contributed by atoms with E-state index in [0.29, 0.717) is 37.8 Å². The van der Waals surface area contributed by atoms with E-state index in [-0.39, 0.29) is 48.1 Å². The molecule has 1 saturated heterocycles. The number of amides is 2. The second kappa shape index (κ2) is 12.2. The van der Waals surface area contributed by atoms with Gasteiger partial charge in [0.2, 0.25) is 11.9 Å². The molecule has 2 aromatic carbocycles. The molecule has 2 N–H and O–H groups in total. The topological polar surface area (TPSA) is 96.5 Å². The van der Waals surface area contributed by atoms with E-state index in [9.17, 15) is 22.8 Å². The molecule has 0 saturated carbocycles. The van der Waals surface area contributed by atoms with Crippen LogP contribution in [0.15, 0.2) is 36.5 Å². The van der Waals surface area contributed by atoms with Gasteiger partial charge in [-0.3, -0.25) is 4.79 Å². The Labute approximate surface area is 266 Å². The lowest BCUT2D eigenvalue weighted by Crippen LogP contribution is -2.41. The van der Waals surface area contributed by atoms with Gasteiger partial charge in [0.1, 0.15) is 11.4 Å². The van der Waals surface area contributed by atoms with Crippen molar-refractivity contribution in [1.82, 2.24) is 14.9 Å². The Morgan fingerprint density at radius 1 is 1.13 bits per heavy atom. The minimum absolute atomic E-state index is 0.0334. The number of rotatable bonds is 6. The molecular formula is C34H39F4N5O3. The Balaban J connectivity index is 1.33. The van der Waals surface area contributed by atoms with Crippen LogP contribution in [0.1, 0.15) is 86.9 Å². The van der Waals surface area contributed by atoms with E-state index in [4.69, 9.17) is 4.74 Å². The highest BCUT2D eigenvalue weighted by molar-refractivity contribution is 6.06. The summed E-state index contributed by atoms with van der Waals surface area (Å²) >= 11 is 0. The van der Waals surface area contributed by atoms with Crippen LogP contribution in [0.4, 0.5) is 39.7 Å². The molecule has 5 rings (SSSR count). The molecule has 46 heavy (non-hydrogen) atoms. The molecule has 2 aliphatic rings. The van der Waals surface area contributed by atoms with Crippen LogP contribution in [0.2, 0.25) is 0 Å². The zero-order valence-corrected chi connectivity index (χ0v) is 26.9. The Kier molecular flexibility index (Phi) is 8.78. The van der Waals surface area contributed by atoms with Gasteiger partial charge in [0, 0.05) is 25.0 Å². The number of likely N-dealkylation sites (tertiary alicyclic amines) is 1. The van der Waals surface area contributed by atoms with E-state index < -0.39 is 28.6 Å². The van der Waals surface area contributed by atoms with Gasteiger partial charge in [-0.2, -0.15) is 13.2 Å². The fraction of sp³-hybridized carbons (Fsp3) is 0.471. The summed E-state index contributed by atoms with van der Waals surface area (Å²) in [6, 6.07) is 8.37. The summed E-state index contributed by atoms with van der Waals surface area (Å²) in [7, 11) is 0. The minimum Gasteiger partial charge on any atom is -0.444 e. The number of hydrogen-bond acceptors (Lipinski definition) is 6. The lowest BCUT2D eigenvalue weighted by molar-refractivity contribution is -0.138. The Hall–Kier alpha value is -4.22. The summed E-state index contributed by atoms with van der Waals surface area (Å²) < 4.78 is 62.8. The van der Waals surface area contributed by atoms with E-state index in [1.54, 1.807) is 43.0 Å². The molecule has 0 bridgehead atoms. The van der Waals surface area contributed by atoms with Crippen molar-refractivity contribution in [2.75, 3.05) is 23.7 Å². The lowest BCUT2D eigenvalue weighted by atomic mass is 9.82. The van der Waals surface area contributed by atoms with Crippen molar-refractivity contribution in [2.24, 2.45) is 0 Å². The molecule has 0 aliphatic carbocycles. The van der Waals surface area contributed by atoms with Crippen molar-refractivity contribution in [3.8, 4) is 0 Å². The third-order valence-corrected chi connectivity index (χ3v) is 8.58. The van der Waals surface area contributed by atoms with Gasteiger partial charge < -0.3 is 20.3 Å². The minimum atomic E-state index is -4.69. The van der Waals surface area contributed by atoms with Crippen molar-refractivity contribution in [3.05, 3.63) is 75.9 Å². The molecule has 0 unspecified atom stereocenters. The number of aryl methyl sites for hydroxylation is 3. The predicted octanol–water partition coefficient (Wildman–Crippen LogP) is 7.82. The molecule has 2 aliphatic heterocycles. The standard InChI is InChI=1S/C34H39F4N5O3/c1-19-16-27(24(35)17-22(19)20-12-14-43(15-13-20)31(45)46-32(2,3)4)42-30-39-18-23(34(36,37)38)25(41-30)11-10-21-8-7-9-26-28(21)33(5,6)29(44)40-26/h7-9,16-18,20H,10-15H2,1-6H3,(H,40,44)(H,39,41,42). The van der Waals surface area contributed by atoms with Crippen molar-refractivity contribution >= 4 is 29.3 Å². The van der Waals surface area contributed by atoms with Gasteiger partial charge in [-0.1, -0.05) is 12.1 Å².